The van der Waals surface area contributed by atoms with Crippen molar-refractivity contribution in [1.82, 2.24) is 10.2 Å². The zero-order valence-corrected chi connectivity index (χ0v) is 22.7. The smallest absolute Gasteiger partial charge is 0.264 e. The van der Waals surface area contributed by atoms with Gasteiger partial charge < -0.3 is 10.2 Å². The Balaban J connectivity index is 1.99. The number of para-hydroxylation sites is 1. The fraction of sp³-hybridized carbons (Fsp3) is 0.286. The van der Waals surface area contributed by atoms with Crippen LogP contribution in [0.3, 0.4) is 0 Å². The molecule has 0 aromatic heterocycles. The summed E-state index contributed by atoms with van der Waals surface area (Å²) in [5, 5.41) is 3.41. The third-order valence-electron chi connectivity index (χ3n) is 6.06. The second-order valence-electron chi connectivity index (χ2n) is 8.81. The predicted molar refractivity (Wildman–Crippen MR) is 147 cm³/mol. The van der Waals surface area contributed by atoms with E-state index >= 15 is 0 Å². The summed E-state index contributed by atoms with van der Waals surface area (Å²) in [4.78, 5) is 28.3. The van der Waals surface area contributed by atoms with Gasteiger partial charge in [0.15, 0.2) is 0 Å². The number of carbonyl (C=O) groups is 2. The van der Waals surface area contributed by atoms with Crippen molar-refractivity contribution < 1.29 is 18.0 Å². The van der Waals surface area contributed by atoms with E-state index in [9.17, 15) is 18.0 Å². The molecule has 7 nitrogen and oxygen atoms in total. The monoisotopic (exact) mass is 541 g/mol. The first-order valence-electron chi connectivity index (χ1n) is 12.1. The molecule has 3 aromatic carbocycles. The molecule has 2 amide bonds. The highest BCUT2D eigenvalue weighted by Gasteiger charge is 2.32. The van der Waals surface area contributed by atoms with Gasteiger partial charge in [-0.15, -0.1) is 0 Å². The average molecular weight is 542 g/mol. The molecule has 0 unspecified atom stereocenters. The van der Waals surface area contributed by atoms with Crippen LogP contribution in [0.25, 0.3) is 0 Å². The van der Waals surface area contributed by atoms with Gasteiger partial charge in [-0.2, -0.15) is 0 Å². The van der Waals surface area contributed by atoms with Crippen LogP contribution < -0.4 is 9.62 Å². The summed E-state index contributed by atoms with van der Waals surface area (Å²) < 4.78 is 28.4. The lowest BCUT2D eigenvalue weighted by molar-refractivity contribution is -0.139. The summed E-state index contributed by atoms with van der Waals surface area (Å²) in [6, 6.07) is 22.5. The van der Waals surface area contributed by atoms with Crippen molar-refractivity contribution in [1.29, 1.82) is 0 Å². The maximum Gasteiger partial charge on any atom is 0.264 e. The van der Waals surface area contributed by atoms with Crippen molar-refractivity contribution >= 4 is 39.1 Å². The minimum atomic E-state index is -4.07. The highest BCUT2D eigenvalue weighted by atomic mass is 35.5. The van der Waals surface area contributed by atoms with Crippen molar-refractivity contribution in [2.45, 2.75) is 50.7 Å². The van der Waals surface area contributed by atoms with E-state index < -0.39 is 28.5 Å². The summed E-state index contributed by atoms with van der Waals surface area (Å²) in [5.41, 5.74) is 1.07. The molecule has 196 valence electrons. The number of benzene rings is 3. The molecule has 0 saturated carbocycles. The highest BCUT2D eigenvalue weighted by Crippen LogP contribution is 2.24. The summed E-state index contributed by atoms with van der Waals surface area (Å²) >= 11 is 6.16. The summed E-state index contributed by atoms with van der Waals surface area (Å²) in [7, 11) is -4.07. The number of anilines is 1. The minimum Gasteiger partial charge on any atom is -0.352 e. The van der Waals surface area contributed by atoms with Crippen molar-refractivity contribution in [3.63, 3.8) is 0 Å². The molecule has 3 rings (SSSR count). The number of nitrogens with one attached hydrogen (secondary N) is 1. The van der Waals surface area contributed by atoms with Crippen LogP contribution in [-0.4, -0.2) is 43.8 Å². The Morgan fingerprint density at radius 3 is 2.14 bits per heavy atom. The van der Waals surface area contributed by atoms with Gasteiger partial charge in [0.25, 0.3) is 10.0 Å². The molecule has 0 heterocycles. The lowest BCUT2D eigenvalue weighted by atomic mass is 10.1. The van der Waals surface area contributed by atoms with Crippen LogP contribution in [0, 0.1) is 0 Å². The van der Waals surface area contributed by atoms with Gasteiger partial charge >= 0.3 is 0 Å². The molecule has 0 fully saturated rings. The largest absolute Gasteiger partial charge is 0.352 e. The van der Waals surface area contributed by atoms with Crippen LogP contribution in [0.2, 0.25) is 5.02 Å². The van der Waals surface area contributed by atoms with Crippen molar-refractivity contribution in [2.24, 2.45) is 0 Å². The number of carbonyl (C=O) groups excluding carboxylic acids is 2. The number of halogens is 1. The average Bonchev–Trinajstić information content (AvgIpc) is 2.90. The lowest BCUT2D eigenvalue weighted by Crippen LogP contribution is -2.52. The van der Waals surface area contributed by atoms with Gasteiger partial charge in [0.1, 0.15) is 12.6 Å². The van der Waals surface area contributed by atoms with E-state index in [2.05, 4.69) is 5.32 Å². The third kappa shape index (κ3) is 7.33. The third-order valence-corrected chi connectivity index (χ3v) is 8.09. The van der Waals surface area contributed by atoms with Gasteiger partial charge in [-0.25, -0.2) is 8.42 Å². The summed E-state index contributed by atoms with van der Waals surface area (Å²) in [6.07, 6.45) is 0.734. The maximum absolute atomic E-state index is 13.8. The van der Waals surface area contributed by atoms with E-state index in [1.54, 1.807) is 79.7 Å². The Bertz CT molecular complexity index is 1300. The van der Waals surface area contributed by atoms with Gasteiger partial charge in [-0.1, -0.05) is 67.1 Å². The van der Waals surface area contributed by atoms with E-state index in [0.29, 0.717) is 10.7 Å². The summed E-state index contributed by atoms with van der Waals surface area (Å²) in [5.74, 6) is -0.836. The number of hydrogen-bond donors (Lipinski definition) is 1. The number of amides is 2. The first kappa shape index (κ1) is 28.2. The van der Waals surface area contributed by atoms with Gasteiger partial charge in [-0.3, -0.25) is 13.9 Å². The molecule has 0 saturated heterocycles. The fourth-order valence-corrected chi connectivity index (χ4v) is 5.37. The fourth-order valence-electron chi connectivity index (χ4n) is 3.72. The van der Waals surface area contributed by atoms with Crippen LogP contribution in [0.15, 0.2) is 89.8 Å². The molecule has 1 N–H and O–H groups in total. The molecule has 37 heavy (non-hydrogen) atoms. The van der Waals surface area contributed by atoms with Crippen LogP contribution in [0.5, 0.6) is 0 Å². The molecular weight excluding hydrogens is 510 g/mol. The molecule has 0 aliphatic heterocycles. The van der Waals surface area contributed by atoms with Gasteiger partial charge in [-0.05, 0) is 62.2 Å². The van der Waals surface area contributed by atoms with Gasteiger partial charge in [0.05, 0.1) is 10.6 Å². The molecule has 0 aliphatic carbocycles. The van der Waals surface area contributed by atoms with E-state index in [1.165, 1.54) is 17.0 Å². The van der Waals surface area contributed by atoms with Crippen molar-refractivity contribution in [3.05, 3.63) is 95.5 Å². The van der Waals surface area contributed by atoms with Crippen LogP contribution in [0.4, 0.5) is 5.69 Å². The second-order valence-corrected chi connectivity index (χ2v) is 11.1. The molecule has 0 spiro atoms. The Labute approximate surface area is 224 Å². The maximum atomic E-state index is 13.8. The molecule has 0 bridgehead atoms. The van der Waals surface area contributed by atoms with E-state index in [4.69, 9.17) is 11.6 Å². The molecule has 9 heteroatoms. The van der Waals surface area contributed by atoms with Crippen molar-refractivity contribution in [3.8, 4) is 0 Å². The zero-order valence-electron chi connectivity index (χ0n) is 21.2. The van der Waals surface area contributed by atoms with Crippen LogP contribution >= 0.6 is 11.6 Å². The van der Waals surface area contributed by atoms with Crippen molar-refractivity contribution in [2.75, 3.05) is 10.8 Å². The van der Waals surface area contributed by atoms with Gasteiger partial charge in [0.2, 0.25) is 11.8 Å². The van der Waals surface area contributed by atoms with E-state index in [0.717, 1.165) is 16.3 Å². The Morgan fingerprint density at radius 2 is 1.54 bits per heavy atom. The highest BCUT2D eigenvalue weighted by molar-refractivity contribution is 7.92. The number of rotatable bonds is 11. The SMILES string of the molecule is CC[C@@H](C)NC(=O)[C@H](C)N(Cc1cccc(Cl)c1)C(=O)CN(c1ccccc1)S(=O)(=O)c1ccccc1. The van der Waals surface area contributed by atoms with Gasteiger partial charge in [0, 0.05) is 17.6 Å². The first-order chi connectivity index (χ1) is 17.6. The number of hydrogen-bond acceptors (Lipinski definition) is 4. The summed E-state index contributed by atoms with van der Waals surface area (Å²) in [6.45, 7) is 5.08. The molecule has 2 atom stereocenters. The van der Waals surface area contributed by atoms with Crippen LogP contribution in [-0.2, 0) is 26.2 Å². The molecule has 0 aliphatic rings. The quantitative estimate of drug-likeness (QED) is 0.375. The Morgan fingerprint density at radius 1 is 0.919 bits per heavy atom. The first-order valence-corrected chi connectivity index (χ1v) is 13.9. The normalized spacial score (nSPS) is 12.9. The number of sulfonamides is 1. The second kappa shape index (κ2) is 12.7. The van der Waals surface area contributed by atoms with Crippen LogP contribution in [0.1, 0.15) is 32.8 Å². The minimum absolute atomic E-state index is 0.0654. The lowest BCUT2D eigenvalue weighted by Gasteiger charge is -2.32. The standard InChI is InChI=1S/C28H32ClN3O4S/c1-4-21(2)30-28(34)22(3)31(19-23-12-11-13-24(29)18-23)27(33)20-32(25-14-7-5-8-15-25)37(35,36)26-16-9-6-10-17-26/h5-18,21-22H,4,19-20H2,1-3H3,(H,30,34)/t21-,22+/m1/s1. The molecule has 3 aromatic rings. The predicted octanol–water partition coefficient (Wildman–Crippen LogP) is 4.87. The Hall–Kier alpha value is -3.36. The zero-order chi connectivity index (χ0) is 27.0. The number of nitrogens with zero attached hydrogens (tertiary/aromatic N) is 2. The molecular formula is C28H32ClN3O4S. The molecule has 0 radical (unpaired) electrons. The Kier molecular flexibility index (Phi) is 9.72. The topological polar surface area (TPSA) is 86.8 Å². The van der Waals surface area contributed by atoms with E-state index in [1.807, 2.05) is 13.8 Å². The van der Waals surface area contributed by atoms with E-state index in [-0.39, 0.29) is 23.4 Å².